The van der Waals surface area contributed by atoms with Gasteiger partial charge in [0.1, 0.15) is 0 Å². The summed E-state index contributed by atoms with van der Waals surface area (Å²) < 4.78 is 37.8. The topological polar surface area (TPSA) is 81.6 Å². The van der Waals surface area contributed by atoms with Crippen molar-refractivity contribution < 1.29 is 13.2 Å². The normalized spacial score (nSPS) is 15.5. The van der Waals surface area contributed by atoms with Crippen LogP contribution in [0.5, 0.6) is 0 Å². The van der Waals surface area contributed by atoms with Gasteiger partial charge >= 0.3 is 6.18 Å². The molecule has 0 spiro atoms. The summed E-state index contributed by atoms with van der Waals surface area (Å²) in [6.07, 6.45) is -0.480. The summed E-state index contributed by atoms with van der Waals surface area (Å²) in [5.74, 6) is 1.39. The molecule has 0 saturated carbocycles. The number of anilines is 1. The Morgan fingerprint density at radius 1 is 1.13 bits per heavy atom. The summed E-state index contributed by atoms with van der Waals surface area (Å²) in [5, 5.41) is 7.85. The highest BCUT2D eigenvalue weighted by Crippen LogP contribution is 2.29. The van der Waals surface area contributed by atoms with Crippen molar-refractivity contribution in [2.24, 2.45) is 4.99 Å². The van der Waals surface area contributed by atoms with Crippen LogP contribution < -0.4 is 15.5 Å². The first-order valence-electron chi connectivity index (χ1n) is 9.66. The smallest absolute Gasteiger partial charge is 0.356 e. The molecule has 3 rings (SSSR count). The van der Waals surface area contributed by atoms with Crippen LogP contribution in [-0.4, -0.2) is 78.7 Å². The van der Waals surface area contributed by atoms with Gasteiger partial charge in [-0.25, -0.2) is 15.0 Å². The molecule has 8 nitrogen and oxygen atoms in total. The second-order valence-corrected chi connectivity index (χ2v) is 7.62. The Kier molecular flexibility index (Phi) is 10.2. The Morgan fingerprint density at radius 2 is 1.81 bits per heavy atom. The van der Waals surface area contributed by atoms with E-state index in [1.54, 1.807) is 19.4 Å². The largest absolute Gasteiger partial charge is 0.434 e. The highest BCUT2D eigenvalue weighted by atomic mass is 127. The third-order valence-corrected chi connectivity index (χ3v) is 5.53. The van der Waals surface area contributed by atoms with Crippen LogP contribution >= 0.6 is 35.3 Å². The maximum absolute atomic E-state index is 12.6. The molecule has 3 heterocycles. The van der Waals surface area contributed by atoms with Crippen molar-refractivity contribution in [2.75, 3.05) is 57.8 Å². The Hall–Kier alpha value is -1.74. The van der Waals surface area contributed by atoms with Gasteiger partial charge in [0.15, 0.2) is 11.7 Å². The highest BCUT2D eigenvalue weighted by molar-refractivity contribution is 14.0. The number of hydrogen-bond donors (Lipinski definition) is 2. The van der Waals surface area contributed by atoms with Crippen LogP contribution in [-0.2, 0) is 12.6 Å². The number of aromatic nitrogens is 3. The van der Waals surface area contributed by atoms with Crippen molar-refractivity contribution in [1.82, 2.24) is 30.5 Å². The van der Waals surface area contributed by atoms with Crippen LogP contribution in [0, 0.1) is 0 Å². The maximum Gasteiger partial charge on any atom is 0.434 e. The van der Waals surface area contributed by atoms with E-state index in [1.807, 2.05) is 6.07 Å². The first-order valence-corrected chi connectivity index (χ1v) is 10.5. The molecule has 13 heteroatoms. The lowest BCUT2D eigenvalue weighted by atomic mass is 10.3. The van der Waals surface area contributed by atoms with Crippen molar-refractivity contribution >= 4 is 47.2 Å². The number of rotatable bonds is 7. The number of nitrogens with zero attached hydrogens (tertiary/aromatic N) is 6. The quantitative estimate of drug-likeness (QED) is 0.300. The van der Waals surface area contributed by atoms with E-state index in [0.717, 1.165) is 61.9 Å². The van der Waals surface area contributed by atoms with Gasteiger partial charge in [0.05, 0.1) is 5.01 Å². The number of halogens is 4. The lowest BCUT2D eigenvalue weighted by Crippen LogP contribution is -2.49. The Balaban J connectivity index is 0.00000341. The summed E-state index contributed by atoms with van der Waals surface area (Å²) in [6, 6.07) is 1.81. The fourth-order valence-corrected chi connectivity index (χ4v) is 3.83. The second-order valence-electron chi connectivity index (χ2n) is 6.68. The highest BCUT2D eigenvalue weighted by Gasteiger charge is 2.33. The van der Waals surface area contributed by atoms with E-state index in [0.29, 0.717) is 23.9 Å². The van der Waals surface area contributed by atoms with Crippen molar-refractivity contribution in [3.63, 3.8) is 0 Å². The minimum absolute atomic E-state index is 0. The van der Waals surface area contributed by atoms with Gasteiger partial charge in [-0.15, -0.1) is 35.3 Å². The molecule has 0 bridgehead atoms. The summed E-state index contributed by atoms with van der Waals surface area (Å²) in [5.41, 5.74) is -0.830. The molecule has 2 aromatic heterocycles. The van der Waals surface area contributed by atoms with E-state index in [2.05, 4.69) is 40.4 Å². The Labute approximate surface area is 200 Å². The molecule has 0 atom stereocenters. The van der Waals surface area contributed by atoms with Gasteiger partial charge in [-0.1, -0.05) is 0 Å². The molecule has 0 radical (unpaired) electrons. The zero-order valence-electron chi connectivity index (χ0n) is 17.1. The Bertz CT molecular complexity index is 810. The number of thiazole rings is 1. The molecule has 1 fully saturated rings. The fourth-order valence-electron chi connectivity index (χ4n) is 3.02. The molecule has 2 aromatic rings. The monoisotopic (exact) mass is 570 g/mol. The van der Waals surface area contributed by atoms with Crippen molar-refractivity contribution in [3.8, 4) is 0 Å². The number of hydrogen-bond acceptors (Lipinski definition) is 7. The SMILES string of the molecule is CN=C(NCCc1nc(C(F)(F)F)cs1)NCCN1CCN(c2ncccn2)CC1.I. The van der Waals surface area contributed by atoms with Crippen molar-refractivity contribution in [1.29, 1.82) is 0 Å². The first kappa shape index (κ1) is 25.5. The molecule has 0 unspecified atom stereocenters. The summed E-state index contributed by atoms with van der Waals surface area (Å²) >= 11 is 1.02. The van der Waals surface area contributed by atoms with Crippen LogP contribution in [0.15, 0.2) is 28.8 Å². The number of nitrogens with one attached hydrogen (secondary N) is 2. The summed E-state index contributed by atoms with van der Waals surface area (Å²) in [4.78, 5) is 20.9. The van der Waals surface area contributed by atoms with Gasteiger partial charge in [0, 0.05) is 77.1 Å². The van der Waals surface area contributed by atoms with E-state index in [1.165, 1.54) is 0 Å². The molecular formula is C18H26F3IN8S. The van der Waals surface area contributed by atoms with Gasteiger partial charge < -0.3 is 15.5 Å². The van der Waals surface area contributed by atoms with E-state index in [-0.39, 0.29) is 24.0 Å². The van der Waals surface area contributed by atoms with Crippen molar-refractivity contribution in [3.05, 3.63) is 34.5 Å². The number of guanidine groups is 1. The van der Waals surface area contributed by atoms with E-state index in [9.17, 15) is 13.2 Å². The van der Waals surface area contributed by atoms with Crippen LogP contribution in [0.1, 0.15) is 10.7 Å². The van der Waals surface area contributed by atoms with E-state index < -0.39 is 11.9 Å². The van der Waals surface area contributed by atoms with Crippen LogP contribution in [0.25, 0.3) is 0 Å². The van der Waals surface area contributed by atoms with Crippen molar-refractivity contribution in [2.45, 2.75) is 12.6 Å². The molecular weight excluding hydrogens is 544 g/mol. The molecule has 1 aliphatic heterocycles. The molecule has 1 aliphatic rings. The average molecular weight is 570 g/mol. The molecule has 172 valence electrons. The van der Waals surface area contributed by atoms with Crippen LogP contribution in [0.3, 0.4) is 0 Å². The van der Waals surface area contributed by atoms with E-state index >= 15 is 0 Å². The van der Waals surface area contributed by atoms with Gasteiger partial charge in [-0.3, -0.25) is 9.89 Å². The maximum atomic E-state index is 12.6. The summed E-state index contributed by atoms with van der Waals surface area (Å²) in [7, 11) is 1.67. The average Bonchev–Trinajstić information content (AvgIpc) is 3.23. The molecule has 1 saturated heterocycles. The predicted octanol–water partition coefficient (Wildman–Crippen LogP) is 2.10. The van der Waals surface area contributed by atoms with Crippen LogP contribution in [0.4, 0.5) is 19.1 Å². The third-order valence-electron chi connectivity index (χ3n) is 4.62. The van der Waals surface area contributed by atoms with Crippen LogP contribution in [0.2, 0.25) is 0 Å². The molecule has 2 N–H and O–H groups in total. The zero-order valence-corrected chi connectivity index (χ0v) is 20.2. The number of aliphatic imine (C=N–C) groups is 1. The van der Waals surface area contributed by atoms with Gasteiger partial charge in [-0.05, 0) is 6.07 Å². The zero-order chi connectivity index (χ0) is 21.4. The lowest BCUT2D eigenvalue weighted by Gasteiger charge is -2.34. The van der Waals surface area contributed by atoms with Gasteiger partial charge in [0.2, 0.25) is 5.95 Å². The third kappa shape index (κ3) is 8.03. The first-order chi connectivity index (χ1) is 14.5. The second kappa shape index (κ2) is 12.3. The fraction of sp³-hybridized carbons (Fsp3) is 0.556. The molecule has 0 aliphatic carbocycles. The predicted molar refractivity (Wildman–Crippen MR) is 126 cm³/mol. The minimum atomic E-state index is -4.39. The van der Waals surface area contributed by atoms with E-state index in [4.69, 9.17) is 0 Å². The number of piperazine rings is 1. The van der Waals surface area contributed by atoms with Gasteiger partial charge in [-0.2, -0.15) is 13.2 Å². The summed E-state index contributed by atoms with van der Waals surface area (Å²) in [6.45, 7) is 5.66. The molecule has 0 amide bonds. The molecule has 0 aromatic carbocycles. The standard InChI is InChI=1S/C18H25F3N8S.HI/c1-22-16(23-6-3-15-27-14(13-30-15)18(19,20)21)24-7-8-28-9-11-29(12-10-28)17-25-4-2-5-26-17;/h2,4-5,13H,3,6-12H2,1H3,(H2,22,23,24);1H. The molecule has 31 heavy (non-hydrogen) atoms. The van der Waals surface area contributed by atoms with Gasteiger partial charge in [0.25, 0.3) is 0 Å². The Morgan fingerprint density at radius 3 is 2.42 bits per heavy atom. The number of alkyl halides is 3. The minimum Gasteiger partial charge on any atom is -0.356 e. The lowest BCUT2D eigenvalue weighted by molar-refractivity contribution is -0.140.